The molecule has 0 spiro atoms. The molecule has 0 saturated carbocycles. The molecule has 0 bridgehead atoms. The average Bonchev–Trinajstić information content (AvgIpc) is 2.55. The predicted octanol–water partition coefficient (Wildman–Crippen LogP) is 2.36. The monoisotopic (exact) mass is 303 g/mol. The minimum Gasteiger partial charge on any atom is -0.377 e. The Morgan fingerprint density at radius 3 is 3.18 bits per heavy atom. The normalized spacial score (nSPS) is 28.2. The Balaban J connectivity index is 1.76. The fraction of sp³-hybridized carbons (Fsp3) is 0.647. The van der Waals surface area contributed by atoms with Crippen LogP contribution in [0.4, 0.5) is 5.82 Å². The first-order valence-corrected chi connectivity index (χ1v) is 8.09. The molecule has 0 unspecified atom stereocenters. The summed E-state index contributed by atoms with van der Waals surface area (Å²) in [5.41, 5.74) is 1.01. The summed E-state index contributed by atoms with van der Waals surface area (Å²) < 4.78 is 11.9. The summed E-state index contributed by atoms with van der Waals surface area (Å²) in [6, 6.07) is 4.08. The van der Waals surface area contributed by atoms with E-state index in [0.29, 0.717) is 12.7 Å². The molecule has 0 aromatic carbocycles. The van der Waals surface area contributed by atoms with E-state index in [1.165, 1.54) is 0 Å². The van der Waals surface area contributed by atoms with Gasteiger partial charge in [0.1, 0.15) is 0 Å². The maximum atomic E-state index is 6.05. The van der Waals surface area contributed by atoms with Crippen molar-refractivity contribution < 1.29 is 9.47 Å². The molecule has 3 heterocycles. The third-order valence-corrected chi connectivity index (χ3v) is 4.72. The molecule has 0 amide bonds. The van der Waals surface area contributed by atoms with Gasteiger partial charge in [-0.25, -0.2) is 0 Å². The van der Waals surface area contributed by atoms with Crippen molar-refractivity contribution in [3.05, 3.63) is 30.5 Å². The number of nitrogens with zero attached hydrogens (tertiary/aromatic N) is 3. The van der Waals surface area contributed by atoms with Crippen molar-refractivity contribution in [1.29, 1.82) is 0 Å². The van der Waals surface area contributed by atoms with E-state index in [-0.39, 0.29) is 5.41 Å². The van der Waals surface area contributed by atoms with Gasteiger partial charge in [-0.1, -0.05) is 6.08 Å². The number of fused-ring (bicyclic) bond motifs is 1. The van der Waals surface area contributed by atoms with Crippen LogP contribution in [0.25, 0.3) is 0 Å². The van der Waals surface area contributed by atoms with Crippen molar-refractivity contribution in [3.63, 3.8) is 0 Å². The quantitative estimate of drug-likeness (QED) is 0.617. The molecule has 2 aliphatic rings. The molecule has 2 atom stereocenters. The Bertz CT molecular complexity index is 505. The van der Waals surface area contributed by atoms with Gasteiger partial charge in [0.15, 0.2) is 5.82 Å². The van der Waals surface area contributed by atoms with E-state index in [1.54, 1.807) is 6.08 Å². The molecule has 1 aromatic rings. The number of aromatic nitrogens is 2. The maximum absolute atomic E-state index is 6.05. The number of aryl methyl sites for hydroxylation is 1. The van der Waals surface area contributed by atoms with E-state index >= 15 is 0 Å². The first-order valence-electron chi connectivity index (χ1n) is 8.09. The van der Waals surface area contributed by atoms with Crippen LogP contribution in [0.15, 0.2) is 24.8 Å². The fourth-order valence-electron chi connectivity index (χ4n) is 3.60. The SMILES string of the molecule is C=CCOC[C@]12CCCO[C@H]1CCN(c1ccc(C)nn1)C2. The highest BCUT2D eigenvalue weighted by molar-refractivity contribution is 5.39. The van der Waals surface area contributed by atoms with Crippen molar-refractivity contribution in [2.24, 2.45) is 5.41 Å². The Morgan fingerprint density at radius 1 is 1.50 bits per heavy atom. The summed E-state index contributed by atoms with van der Waals surface area (Å²) in [7, 11) is 0. The smallest absolute Gasteiger partial charge is 0.151 e. The molecule has 2 aliphatic heterocycles. The first-order chi connectivity index (χ1) is 10.7. The lowest BCUT2D eigenvalue weighted by Crippen LogP contribution is -2.57. The van der Waals surface area contributed by atoms with E-state index in [0.717, 1.165) is 57.1 Å². The fourth-order valence-corrected chi connectivity index (χ4v) is 3.60. The summed E-state index contributed by atoms with van der Waals surface area (Å²) in [6.07, 6.45) is 5.36. The maximum Gasteiger partial charge on any atom is 0.151 e. The van der Waals surface area contributed by atoms with Crippen LogP contribution in [0.2, 0.25) is 0 Å². The molecule has 22 heavy (non-hydrogen) atoms. The predicted molar refractivity (Wildman–Crippen MR) is 86.0 cm³/mol. The van der Waals surface area contributed by atoms with Gasteiger partial charge in [0.05, 0.1) is 25.0 Å². The summed E-state index contributed by atoms with van der Waals surface area (Å²) >= 11 is 0. The zero-order valence-corrected chi connectivity index (χ0v) is 13.3. The molecule has 0 aliphatic carbocycles. The molecule has 0 N–H and O–H groups in total. The molecule has 5 nitrogen and oxygen atoms in total. The van der Waals surface area contributed by atoms with E-state index in [1.807, 2.05) is 13.0 Å². The van der Waals surface area contributed by atoms with Crippen LogP contribution in [0, 0.1) is 12.3 Å². The highest BCUT2D eigenvalue weighted by atomic mass is 16.5. The Morgan fingerprint density at radius 2 is 2.41 bits per heavy atom. The zero-order valence-electron chi connectivity index (χ0n) is 13.3. The molecule has 120 valence electrons. The summed E-state index contributed by atoms with van der Waals surface area (Å²) in [5.74, 6) is 0.956. The van der Waals surface area contributed by atoms with Crippen LogP contribution in [0.1, 0.15) is 25.0 Å². The number of piperidine rings is 1. The van der Waals surface area contributed by atoms with Crippen molar-refractivity contribution in [1.82, 2.24) is 10.2 Å². The molecular weight excluding hydrogens is 278 g/mol. The molecule has 2 saturated heterocycles. The third kappa shape index (κ3) is 3.15. The summed E-state index contributed by atoms with van der Waals surface area (Å²) in [6.45, 7) is 9.77. The number of anilines is 1. The van der Waals surface area contributed by atoms with Gasteiger partial charge in [0.2, 0.25) is 0 Å². The minimum absolute atomic E-state index is 0.0616. The number of hydrogen-bond donors (Lipinski definition) is 0. The van der Waals surface area contributed by atoms with Gasteiger partial charge < -0.3 is 14.4 Å². The van der Waals surface area contributed by atoms with Gasteiger partial charge >= 0.3 is 0 Å². The van der Waals surface area contributed by atoms with Crippen molar-refractivity contribution in [3.8, 4) is 0 Å². The van der Waals surface area contributed by atoms with Gasteiger partial charge in [-0.05, 0) is 38.3 Å². The number of hydrogen-bond acceptors (Lipinski definition) is 5. The van der Waals surface area contributed by atoms with Crippen LogP contribution in [0.5, 0.6) is 0 Å². The zero-order chi connectivity index (χ0) is 15.4. The second kappa shape index (κ2) is 6.75. The number of rotatable bonds is 5. The standard InChI is InChI=1S/C17H25N3O2/c1-3-10-21-13-17-8-4-11-22-15(17)7-9-20(12-17)16-6-5-14(2)18-19-16/h3,5-6,15H,1,4,7-13H2,2H3/t15-,17+/m0/s1. The van der Waals surface area contributed by atoms with Crippen LogP contribution in [0.3, 0.4) is 0 Å². The van der Waals surface area contributed by atoms with Crippen molar-refractivity contribution in [2.45, 2.75) is 32.3 Å². The third-order valence-electron chi connectivity index (χ3n) is 4.72. The first kappa shape index (κ1) is 15.4. The summed E-state index contributed by atoms with van der Waals surface area (Å²) in [5, 5.41) is 8.53. The van der Waals surface area contributed by atoms with Crippen LogP contribution < -0.4 is 4.90 Å². The van der Waals surface area contributed by atoms with Crippen molar-refractivity contribution in [2.75, 3.05) is 37.8 Å². The Hall–Kier alpha value is -1.46. The van der Waals surface area contributed by atoms with E-state index < -0.39 is 0 Å². The van der Waals surface area contributed by atoms with Gasteiger partial charge in [0, 0.05) is 25.1 Å². The average molecular weight is 303 g/mol. The molecule has 0 radical (unpaired) electrons. The van der Waals surface area contributed by atoms with Crippen LogP contribution >= 0.6 is 0 Å². The molecular formula is C17H25N3O2. The largest absolute Gasteiger partial charge is 0.377 e. The van der Waals surface area contributed by atoms with Crippen LogP contribution in [-0.4, -0.2) is 49.2 Å². The van der Waals surface area contributed by atoms with E-state index in [9.17, 15) is 0 Å². The van der Waals surface area contributed by atoms with Gasteiger partial charge in [0.25, 0.3) is 0 Å². The highest BCUT2D eigenvalue weighted by Crippen LogP contribution is 2.41. The van der Waals surface area contributed by atoms with E-state index in [2.05, 4.69) is 27.7 Å². The van der Waals surface area contributed by atoms with E-state index in [4.69, 9.17) is 9.47 Å². The summed E-state index contributed by atoms with van der Waals surface area (Å²) in [4.78, 5) is 2.33. The lowest BCUT2D eigenvalue weighted by Gasteiger charge is -2.50. The van der Waals surface area contributed by atoms with Gasteiger partial charge in [-0.15, -0.1) is 11.7 Å². The Labute approximate surface area is 132 Å². The molecule has 1 aromatic heterocycles. The topological polar surface area (TPSA) is 47.5 Å². The second-order valence-electron chi connectivity index (χ2n) is 6.37. The number of ether oxygens (including phenoxy) is 2. The molecule has 3 rings (SSSR count). The van der Waals surface area contributed by atoms with Gasteiger partial charge in [-0.2, -0.15) is 5.10 Å². The lowest BCUT2D eigenvalue weighted by molar-refractivity contribution is -0.123. The lowest BCUT2D eigenvalue weighted by atomic mass is 9.73. The van der Waals surface area contributed by atoms with Gasteiger partial charge in [-0.3, -0.25) is 0 Å². The van der Waals surface area contributed by atoms with Crippen LogP contribution in [-0.2, 0) is 9.47 Å². The highest BCUT2D eigenvalue weighted by Gasteiger charge is 2.46. The minimum atomic E-state index is 0.0616. The Kier molecular flexibility index (Phi) is 4.74. The molecule has 5 heteroatoms. The molecule has 2 fully saturated rings. The van der Waals surface area contributed by atoms with Crippen molar-refractivity contribution >= 4 is 5.82 Å². The second-order valence-corrected chi connectivity index (χ2v) is 6.37.